The number of rotatable bonds is 7. The van der Waals surface area contributed by atoms with Crippen LogP contribution < -0.4 is 5.32 Å². The average Bonchev–Trinajstić information content (AvgIpc) is 2.71. The van der Waals surface area contributed by atoms with Crippen LogP contribution in [-0.4, -0.2) is 86.2 Å². The molecule has 0 spiro atoms. The van der Waals surface area contributed by atoms with Crippen LogP contribution >= 0.6 is 0 Å². The summed E-state index contributed by atoms with van der Waals surface area (Å²) in [6, 6.07) is 5.91. The van der Waals surface area contributed by atoms with Crippen LogP contribution in [0.5, 0.6) is 0 Å². The van der Waals surface area contributed by atoms with Crippen LogP contribution in [0.15, 0.2) is 18.2 Å². The van der Waals surface area contributed by atoms with Gasteiger partial charge in [0.05, 0.1) is 6.26 Å². The van der Waals surface area contributed by atoms with Crippen molar-refractivity contribution < 1.29 is 17.9 Å². The lowest BCUT2D eigenvalue weighted by Crippen LogP contribution is -2.55. The first-order chi connectivity index (χ1) is 13.8. The van der Waals surface area contributed by atoms with Gasteiger partial charge in [0.25, 0.3) is 5.91 Å². The number of carbonyl (C=O) groups excluding carboxylic acids is 1. The number of sulfonamides is 1. The van der Waals surface area contributed by atoms with Gasteiger partial charge in [-0.05, 0) is 44.7 Å². The fourth-order valence-corrected chi connectivity index (χ4v) is 5.14. The number of amides is 1. The lowest BCUT2D eigenvalue weighted by atomic mass is 9.99. The zero-order valence-corrected chi connectivity index (χ0v) is 18.2. The Morgan fingerprint density at radius 3 is 2.72 bits per heavy atom. The van der Waals surface area contributed by atoms with Crippen molar-refractivity contribution >= 4 is 15.9 Å². The Hall–Kier alpha value is -1.55. The fraction of sp³-hybridized carbons (Fsp3) is 0.700. The van der Waals surface area contributed by atoms with Gasteiger partial charge in [0.1, 0.15) is 5.69 Å². The molecule has 3 rings (SSSR count). The summed E-state index contributed by atoms with van der Waals surface area (Å²) >= 11 is 0. The summed E-state index contributed by atoms with van der Waals surface area (Å²) < 4.78 is 31.2. The Bertz CT molecular complexity index is 795. The summed E-state index contributed by atoms with van der Waals surface area (Å²) in [5.41, 5.74) is 1.23. The third kappa shape index (κ3) is 6.21. The molecule has 2 fully saturated rings. The second-order valence-electron chi connectivity index (χ2n) is 7.92. The third-order valence-electron chi connectivity index (χ3n) is 5.73. The Balaban J connectivity index is 1.63. The first-order valence-corrected chi connectivity index (χ1v) is 12.2. The molecule has 3 heterocycles. The number of aryl methyl sites for hydroxylation is 1. The minimum absolute atomic E-state index is 0.163. The van der Waals surface area contributed by atoms with E-state index in [-0.39, 0.29) is 11.9 Å². The van der Waals surface area contributed by atoms with E-state index in [2.05, 4.69) is 15.2 Å². The Morgan fingerprint density at radius 2 is 2.03 bits per heavy atom. The van der Waals surface area contributed by atoms with E-state index in [4.69, 9.17) is 4.74 Å². The summed E-state index contributed by atoms with van der Waals surface area (Å²) in [4.78, 5) is 19.1. The van der Waals surface area contributed by atoms with Crippen molar-refractivity contribution in [1.82, 2.24) is 19.5 Å². The zero-order chi connectivity index (χ0) is 20.9. The van der Waals surface area contributed by atoms with Gasteiger partial charge in [0, 0.05) is 57.2 Å². The molecule has 1 aromatic heterocycles. The molecule has 162 valence electrons. The molecule has 8 nitrogen and oxygen atoms in total. The SMILES string of the molecule is Cc1cccc(C(=O)NCCN(C2CCOCC2)C2CCCN(S(C)(=O)=O)C2)n1. The quantitative estimate of drug-likeness (QED) is 0.703. The highest BCUT2D eigenvalue weighted by molar-refractivity contribution is 7.88. The zero-order valence-electron chi connectivity index (χ0n) is 17.3. The van der Waals surface area contributed by atoms with E-state index in [9.17, 15) is 13.2 Å². The van der Waals surface area contributed by atoms with Crippen LogP contribution in [0.25, 0.3) is 0 Å². The van der Waals surface area contributed by atoms with E-state index < -0.39 is 10.0 Å². The maximum Gasteiger partial charge on any atom is 0.269 e. The topological polar surface area (TPSA) is 91.8 Å². The van der Waals surface area contributed by atoms with Gasteiger partial charge in [0.2, 0.25) is 10.0 Å². The molecule has 0 bridgehead atoms. The van der Waals surface area contributed by atoms with Crippen LogP contribution in [0.2, 0.25) is 0 Å². The summed E-state index contributed by atoms with van der Waals surface area (Å²) in [5, 5.41) is 2.97. The largest absolute Gasteiger partial charge is 0.381 e. The molecule has 2 saturated heterocycles. The van der Waals surface area contributed by atoms with Crippen molar-refractivity contribution in [2.24, 2.45) is 0 Å². The molecular weight excluding hydrogens is 392 g/mol. The standard InChI is InChI=1S/C20H32N4O4S/c1-16-5-3-7-19(22-16)20(25)21-10-12-24(17-8-13-28-14-9-17)18-6-4-11-23(15-18)29(2,26)27/h3,5,7,17-18H,4,6,8-15H2,1-2H3,(H,21,25). The first kappa shape index (κ1) is 22.1. The van der Waals surface area contributed by atoms with E-state index in [0.717, 1.165) is 44.6 Å². The molecule has 2 aliphatic rings. The van der Waals surface area contributed by atoms with Gasteiger partial charge in [-0.15, -0.1) is 0 Å². The predicted octanol–water partition coefficient (Wildman–Crippen LogP) is 1.02. The van der Waals surface area contributed by atoms with Crippen LogP contribution in [0.4, 0.5) is 0 Å². The monoisotopic (exact) mass is 424 g/mol. The molecule has 0 aliphatic carbocycles. The van der Waals surface area contributed by atoms with E-state index in [1.807, 2.05) is 19.1 Å². The Labute approximate surface area is 173 Å². The molecule has 1 amide bonds. The lowest BCUT2D eigenvalue weighted by Gasteiger charge is -2.43. The highest BCUT2D eigenvalue weighted by Gasteiger charge is 2.33. The molecule has 0 aromatic carbocycles. The fourth-order valence-electron chi connectivity index (χ4n) is 4.23. The van der Waals surface area contributed by atoms with Crippen molar-refractivity contribution in [1.29, 1.82) is 0 Å². The number of pyridine rings is 1. The van der Waals surface area contributed by atoms with Crippen molar-refractivity contribution in [3.8, 4) is 0 Å². The number of carbonyl (C=O) groups is 1. The number of hydrogen-bond donors (Lipinski definition) is 1. The van der Waals surface area contributed by atoms with Crippen LogP contribution in [0, 0.1) is 6.92 Å². The number of aromatic nitrogens is 1. The third-order valence-corrected chi connectivity index (χ3v) is 7.00. The molecule has 0 saturated carbocycles. The van der Waals surface area contributed by atoms with E-state index in [1.54, 1.807) is 10.4 Å². The molecule has 1 N–H and O–H groups in total. The minimum atomic E-state index is -3.19. The Morgan fingerprint density at radius 1 is 1.28 bits per heavy atom. The van der Waals surface area contributed by atoms with Gasteiger partial charge in [-0.2, -0.15) is 0 Å². The van der Waals surface area contributed by atoms with Gasteiger partial charge in [-0.1, -0.05) is 6.07 Å². The van der Waals surface area contributed by atoms with Crippen molar-refractivity contribution in [3.63, 3.8) is 0 Å². The predicted molar refractivity (Wildman–Crippen MR) is 111 cm³/mol. The van der Waals surface area contributed by atoms with Crippen molar-refractivity contribution in [2.45, 2.75) is 44.7 Å². The molecule has 29 heavy (non-hydrogen) atoms. The summed E-state index contributed by atoms with van der Waals surface area (Å²) in [7, 11) is -3.19. The molecule has 1 atom stereocenters. The highest BCUT2D eigenvalue weighted by Crippen LogP contribution is 2.24. The van der Waals surface area contributed by atoms with Crippen molar-refractivity contribution in [2.75, 3.05) is 45.6 Å². The molecule has 9 heteroatoms. The average molecular weight is 425 g/mol. The number of hydrogen-bond acceptors (Lipinski definition) is 6. The van der Waals surface area contributed by atoms with Gasteiger partial charge in [0.15, 0.2) is 0 Å². The summed E-state index contributed by atoms with van der Waals surface area (Å²) in [6.45, 7) is 5.61. The minimum Gasteiger partial charge on any atom is -0.381 e. The summed E-state index contributed by atoms with van der Waals surface area (Å²) in [5.74, 6) is -0.179. The normalized spacial score (nSPS) is 22.0. The Kier molecular flexibility index (Phi) is 7.61. The number of nitrogens with zero attached hydrogens (tertiary/aromatic N) is 3. The maximum atomic E-state index is 12.4. The maximum absolute atomic E-state index is 12.4. The first-order valence-electron chi connectivity index (χ1n) is 10.3. The smallest absolute Gasteiger partial charge is 0.269 e. The van der Waals surface area contributed by atoms with Crippen LogP contribution in [0.1, 0.15) is 41.9 Å². The van der Waals surface area contributed by atoms with E-state index in [0.29, 0.717) is 37.9 Å². The van der Waals surface area contributed by atoms with Crippen LogP contribution in [0.3, 0.4) is 0 Å². The molecular formula is C20H32N4O4S. The van der Waals surface area contributed by atoms with E-state index in [1.165, 1.54) is 6.26 Å². The number of ether oxygens (including phenoxy) is 1. The van der Waals surface area contributed by atoms with E-state index >= 15 is 0 Å². The second-order valence-corrected chi connectivity index (χ2v) is 9.90. The molecule has 0 radical (unpaired) electrons. The molecule has 1 unspecified atom stereocenters. The summed E-state index contributed by atoms with van der Waals surface area (Å²) in [6.07, 6.45) is 4.97. The number of piperidine rings is 1. The second kappa shape index (κ2) is 9.97. The number of nitrogens with one attached hydrogen (secondary N) is 1. The molecule has 2 aliphatic heterocycles. The van der Waals surface area contributed by atoms with Crippen LogP contribution in [-0.2, 0) is 14.8 Å². The lowest BCUT2D eigenvalue weighted by molar-refractivity contribution is 0.00672. The van der Waals surface area contributed by atoms with Gasteiger partial charge in [-0.3, -0.25) is 9.69 Å². The molecule has 1 aromatic rings. The van der Waals surface area contributed by atoms with Gasteiger partial charge in [-0.25, -0.2) is 17.7 Å². The van der Waals surface area contributed by atoms with Crippen molar-refractivity contribution in [3.05, 3.63) is 29.6 Å². The van der Waals surface area contributed by atoms with Gasteiger partial charge < -0.3 is 10.1 Å². The highest BCUT2D eigenvalue weighted by atomic mass is 32.2. The van der Waals surface area contributed by atoms with Gasteiger partial charge >= 0.3 is 0 Å².